The van der Waals surface area contributed by atoms with Crippen LogP contribution < -0.4 is 4.89 Å². The molecular formula is C16H19NO3S. The maximum Gasteiger partial charge on any atom is 0.262 e. The summed E-state index contributed by atoms with van der Waals surface area (Å²) in [5, 5.41) is 0. The molecule has 0 aliphatic heterocycles. The minimum atomic E-state index is -3.63. The molecule has 0 heterocycles. The molecule has 21 heavy (non-hydrogen) atoms. The van der Waals surface area contributed by atoms with Crippen LogP contribution in [0.3, 0.4) is 0 Å². The summed E-state index contributed by atoms with van der Waals surface area (Å²) < 4.78 is 24.1. The van der Waals surface area contributed by atoms with Crippen molar-refractivity contribution in [3.63, 3.8) is 0 Å². The predicted molar refractivity (Wildman–Crippen MR) is 83.0 cm³/mol. The van der Waals surface area contributed by atoms with E-state index >= 15 is 0 Å². The summed E-state index contributed by atoms with van der Waals surface area (Å²) in [7, 11) is -3.63. The maximum atomic E-state index is 12.0. The number of nitrogens with one attached hydrogen (secondary N) is 1. The summed E-state index contributed by atoms with van der Waals surface area (Å²) in [5.74, 6) is 0.258. The molecule has 0 radical (unpaired) electrons. The molecule has 2 rings (SSSR count). The third-order valence-corrected chi connectivity index (χ3v) is 4.09. The lowest BCUT2D eigenvalue weighted by Crippen LogP contribution is -2.25. The van der Waals surface area contributed by atoms with Crippen LogP contribution in [0, 0.1) is 5.92 Å². The summed E-state index contributed by atoms with van der Waals surface area (Å²) >= 11 is 0. The fourth-order valence-electron chi connectivity index (χ4n) is 1.78. The molecule has 1 N–H and O–H groups in total. The third kappa shape index (κ3) is 4.39. The molecule has 5 heteroatoms. The van der Waals surface area contributed by atoms with Crippen molar-refractivity contribution in [3.8, 4) is 11.1 Å². The van der Waals surface area contributed by atoms with E-state index < -0.39 is 10.0 Å². The van der Waals surface area contributed by atoms with E-state index in [0.717, 1.165) is 11.1 Å². The van der Waals surface area contributed by atoms with E-state index in [1.165, 1.54) is 0 Å². The van der Waals surface area contributed by atoms with E-state index in [4.69, 9.17) is 4.84 Å². The molecule has 0 amide bonds. The SMILES string of the molecule is CC(C)CONS(=O)(=O)c1ccc(-c2ccccc2)cc1. The number of sulfonamides is 1. The molecule has 0 aromatic heterocycles. The minimum Gasteiger partial charge on any atom is -0.287 e. The lowest BCUT2D eigenvalue weighted by molar-refractivity contribution is 0.0719. The van der Waals surface area contributed by atoms with Crippen LogP contribution in [0.2, 0.25) is 0 Å². The molecule has 0 saturated heterocycles. The van der Waals surface area contributed by atoms with Gasteiger partial charge in [0.15, 0.2) is 0 Å². The number of benzene rings is 2. The van der Waals surface area contributed by atoms with E-state index in [-0.39, 0.29) is 10.8 Å². The van der Waals surface area contributed by atoms with Crippen molar-refractivity contribution < 1.29 is 13.3 Å². The Morgan fingerprint density at radius 3 is 2.10 bits per heavy atom. The van der Waals surface area contributed by atoms with Crippen LogP contribution in [0.5, 0.6) is 0 Å². The highest BCUT2D eigenvalue weighted by molar-refractivity contribution is 7.89. The van der Waals surface area contributed by atoms with Crippen molar-refractivity contribution in [2.24, 2.45) is 5.92 Å². The second kappa shape index (κ2) is 6.85. The maximum absolute atomic E-state index is 12.0. The Morgan fingerprint density at radius 1 is 0.952 bits per heavy atom. The molecule has 0 aliphatic carbocycles. The Balaban J connectivity index is 2.11. The van der Waals surface area contributed by atoms with Crippen LogP contribution in [0.25, 0.3) is 11.1 Å². The van der Waals surface area contributed by atoms with E-state index in [1.54, 1.807) is 24.3 Å². The van der Waals surface area contributed by atoms with Gasteiger partial charge in [-0.15, -0.1) is 0 Å². The Labute approximate surface area is 125 Å². The Hall–Kier alpha value is -1.69. The number of hydrogen-bond donors (Lipinski definition) is 1. The van der Waals surface area contributed by atoms with Crippen LogP contribution in [0.1, 0.15) is 13.8 Å². The summed E-state index contributed by atoms with van der Waals surface area (Å²) in [6.45, 7) is 4.23. The topological polar surface area (TPSA) is 55.4 Å². The summed E-state index contributed by atoms with van der Waals surface area (Å²) in [4.78, 5) is 7.32. The molecule has 0 fully saturated rings. The smallest absolute Gasteiger partial charge is 0.262 e. The Bertz CT molecular complexity index is 664. The molecule has 0 bridgehead atoms. The summed E-state index contributed by atoms with van der Waals surface area (Å²) in [5.41, 5.74) is 2.02. The quantitative estimate of drug-likeness (QED) is 0.834. The monoisotopic (exact) mass is 305 g/mol. The first-order chi connectivity index (χ1) is 9.99. The van der Waals surface area contributed by atoms with Gasteiger partial charge >= 0.3 is 0 Å². The second-order valence-corrected chi connectivity index (χ2v) is 6.83. The molecule has 0 atom stereocenters. The molecule has 0 saturated carbocycles. The molecular weight excluding hydrogens is 286 g/mol. The average molecular weight is 305 g/mol. The van der Waals surface area contributed by atoms with E-state index in [2.05, 4.69) is 4.89 Å². The second-order valence-electron chi connectivity index (χ2n) is 5.18. The molecule has 0 aliphatic rings. The largest absolute Gasteiger partial charge is 0.287 e. The van der Waals surface area contributed by atoms with Crippen LogP contribution in [0.4, 0.5) is 0 Å². The van der Waals surface area contributed by atoms with Crippen molar-refractivity contribution >= 4 is 10.0 Å². The molecule has 4 nitrogen and oxygen atoms in total. The van der Waals surface area contributed by atoms with E-state index in [0.29, 0.717) is 6.61 Å². The van der Waals surface area contributed by atoms with Gasteiger partial charge in [0, 0.05) is 0 Å². The molecule has 0 unspecified atom stereocenters. The first-order valence-corrected chi connectivity index (χ1v) is 8.26. The van der Waals surface area contributed by atoms with Gasteiger partial charge in [-0.2, -0.15) is 0 Å². The van der Waals surface area contributed by atoms with Gasteiger partial charge in [-0.1, -0.05) is 61.2 Å². The van der Waals surface area contributed by atoms with Crippen molar-refractivity contribution in [1.29, 1.82) is 0 Å². The lowest BCUT2D eigenvalue weighted by Gasteiger charge is -2.09. The highest BCUT2D eigenvalue weighted by Crippen LogP contribution is 2.20. The van der Waals surface area contributed by atoms with Crippen molar-refractivity contribution in [3.05, 3.63) is 54.6 Å². The van der Waals surface area contributed by atoms with Gasteiger partial charge in [-0.3, -0.25) is 4.84 Å². The highest BCUT2D eigenvalue weighted by Gasteiger charge is 2.14. The summed E-state index contributed by atoms with van der Waals surface area (Å²) in [6.07, 6.45) is 0. The minimum absolute atomic E-state index is 0.186. The summed E-state index contributed by atoms with van der Waals surface area (Å²) in [6, 6.07) is 16.5. The normalized spacial score (nSPS) is 11.8. The Kier molecular flexibility index (Phi) is 5.12. The highest BCUT2D eigenvalue weighted by atomic mass is 32.2. The van der Waals surface area contributed by atoms with Crippen LogP contribution in [0.15, 0.2) is 59.5 Å². The van der Waals surface area contributed by atoms with E-state index in [9.17, 15) is 8.42 Å². The van der Waals surface area contributed by atoms with Gasteiger partial charge < -0.3 is 0 Å². The molecule has 112 valence electrons. The first-order valence-electron chi connectivity index (χ1n) is 6.78. The van der Waals surface area contributed by atoms with Crippen molar-refractivity contribution in [1.82, 2.24) is 4.89 Å². The van der Waals surface area contributed by atoms with Crippen molar-refractivity contribution in [2.45, 2.75) is 18.7 Å². The zero-order valence-corrected chi connectivity index (χ0v) is 12.9. The Morgan fingerprint density at radius 2 is 1.52 bits per heavy atom. The third-order valence-electron chi connectivity index (χ3n) is 2.86. The zero-order valence-electron chi connectivity index (χ0n) is 12.1. The molecule has 2 aromatic carbocycles. The molecule has 0 spiro atoms. The van der Waals surface area contributed by atoms with Gasteiger partial charge in [-0.25, -0.2) is 8.42 Å². The van der Waals surface area contributed by atoms with E-state index in [1.807, 2.05) is 44.2 Å². The van der Waals surface area contributed by atoms with Gasteiger partial charge in [0.25, 0.3) is 10.0 Å². The lowest BCUT2D eigenvalue weighted by atomic mass is 10.1. The standard InChI is InChI=1S/C16H19NO3S/c1-13(2)12-20-17-21(18,19)16-10-8-15(9-11-16)14-6-4-3-5-7-14/h3-11,13,17H,12H2,1-2H3. The van der Waals surface area contributed by atoms with Gasteiger partial charge in [0.1, 0.15) is 0 Å². The predicted octanol–water partition coefficient (Wildman–Crippen LogP) is 3.22. The van der Waals surface area contributed by atoms with Crippen LogP contribution in [-0.4, -0.2) is 15.0 Å². The first kappa shape index (κ1) is 15.7. The van der Waals surface area contributed by atoms with Crippen LogP contribution in [-0.2, 0) is 14.9 Å². The average Bonchev–Trinajstić information content (AvgIpc) is 2.48. The van der Waals surface area contributed by atoms with Gasteiger partial charge in [0.05, 0.1) is 11.5 Å². The fourth-order valence-corrected chi connectivity index (χ4v) is 2.60. The number of rotatable bonds is 6. The number of hydrogen-bond acceptors (Lipinski definition) is 3. The van der Waals surface area contributed by atoms with Gasteiger partial charge in [-0.05, 0) is 29.2 Å². The molecule has 2 aromatic rings. The fraction of sp³-hybridized carbons (Fsp3) is 0.250. The van der Waals surface area contributed by atoms with Crippen LogP contribution >= 0.6 is 0 Å². The zero-order chi connectivity index (χ0) is 15.3. The van der Waals surface area contributed by atoms with Gasteiger partial charge in [0.2, 0.25) is 0 Å². The van der Waals surface area contributed by atoms with Crippen molar-refractivity contribution in [2.75, 3.05) is 6.61 Å².